The molecule has 0 amide bonds. The van der Waals surface area contributed by atoms with E-state index in [2.05, 4.69) is 20.7 Å². The summed E-state index contributed by atoms with van der Waals surface area (Å²) in [5, 5.41) is 3.08. The van der Waals surface area contributed by atoms with Crippen molar-refractivity contribution in [2.75, 3.05) is 17.3 Å². The van der Waals surface area contributed by atoms with E-state index in [9.17, 15) is 4.39 Å². The fourth-order valence-electron chi connectivity index (χ4n) is 1.56. The lowest BCUT2D eigenvalue weighted by atomic mass is 10.1. The molecule has 0 atom stereocenters. The van der Waals surface area contributed by atoms with Gasteiger partial charge in [0.05, 0.1) is 0 Å². The number of benzene rings is 1. The van der Waals surface area contributed by atoms with Crippen LogP contribution in [0.4, 0.5) is 16.0 Å². The zero-order valence-corrected chi connectivity index (χ0v) is 9.73. The van der Waals surface area contributed by atoms with Crippen LogP contribution in [0, 0.1) is 5.82 Å². The lowest BCUT2D eigenvalue weighted by Crippen LogP contribution is -2.11. The van der Waals surface area contributed by atoms with Crippen molar-refractivity contribution in [2.45, 2.75) is 6.42 Å². The summed E-state index contributed by atoms with van der Waals surface area (Å²) in [5.41, 5.74) is 3.11. The number of rotatable bonds is 5. The van der Waals surface area contributed by atoms with Crippen LogP contribution in [0.25, 0.3) is 0 Å². The quantitative estimate of drug-likeness (QED) is 0.552. The highest BCUT2D eigenvalue weighted by Gasteiger charge is 2.01. The third-order valence-electron chi connectivity index (χ3n) is 2.47. The van der Waals surface area contributed by atoms with Crippen LogP contribution < -0.4 is 16.6 Å². The lowest BCUT2D eigenvalue weighted by molar-refractivity contribution is 0.610. The normalized spacial score (nSPS) is 10.1. The Morgan fingerprint density at radius 1 is 1.17 bits per heavy atom. The summed E-state index contributed by atoms with van der Waals surface area (Å²) in [6.07, 6.45) is 1.99. The van der Waals surface area contributed by atoms with Gasteiger partial charge in [-0.05, 0) is 18.1 Å². The average Bonchev–Trinajstić information content (AvgIpc) is 2.41. The van der Waals surface area contributed by atoms with Gasteiger partial charge in [-0.15, -0.1) is 0 Å². The third kappa shape index (κ3) is 3.14. The van der Waals surface area contributed by atoms with Gasteiger partial charge in [-0.2, -0.15) is 0 Å². The van der Waals surface area contributed by atoms with Crippen molar-refractivity contribution < 1.29 is 4.39 Å². The van der Waals surface area contributed by atoms with Crippen LogP contribution in [0.1, 0.15) is 5.56 Å². The first-order valence-corrected chi connectivity index (χ1v) is 5.55. The predicted octanol–water partition coefficient (Wildman–Crippen LogP) is 1.56. The second kappa shape index (κ2) is 5.92. The number of aromatic nitrogens is 2. The maximum atomic E-state index is 13.4. The fraction of sp³-hybridized carbons (Fsp3) is 0.167. The predicted molar refractivity (Wildman–Crippen MR) is 68.4 cm³/mol. The molecule has 1 heterocycles. The van der Waals surface area contributed by atoms with E-state index >= 15 is 0 Å². The molecular weight excluding hydrogens is 233 g/mol. The molecule has 1 aromatic heterocycles. The molecule has 0 spiro atoms. The van der Waals surface area contributed by atoms with Gasteiger partial charge in [0, 0.05) is 12.6 Å². The Bertz CT molecular complexity index is 517. The van der Waals surface area contributed by atoms with Crippen molar-refractivity contribution in [1.29, 1.82) is 0 Å². The molecule has 0 unspecified atom stereocenters. The largest absolute Gasteiger partial charge is 0.370 e. The lowest BCUT2D eigenvalue weighted by Gasteiger charge is -2.07. The summed E-state index contributed by atoms with van der Waals surface area (Å²) < 4.78 is 13.4. The van der Waals surface area contributed by atoms with Crippen LogP contribution in [0.5, 0.6) is 0 Å². The van der Waals surface area contributed by atoms with Crippen molar-refractivity contribution in [3.8, 4) is 0 Å². The molecule has 0 aliphatic rings. The van der Waals surface area contributed by atoms with Gasteiger partial charge < -0.3 is 10.7 Å². The first kappa shape index (κ1) is 12.3. The SMILES string of the molecule is NNc1cc(NCCc2ccccc2F)ncn1. The molecule has 0 bridgehead atoms. The number of halogens is 1. The highest BCUT2D eigenvalue weighted by atomic mass is 19.1. The number of anilines is 2. The minimum atomic E-state index is -0.189. The summed E-state index contributed by atoms with van der Waals surface area (Å²) >= 11 is 0. The van der Waals surface area contributed by atoms with Crippen LogP contribution in [0.3, 0.4) is 0 Å². The van der Waals surface area contributed by atoms with Crippen molar-refractivity contribution >= 4 is 11.6 Å². The molecule has 94 valence electrons. The molecule has 0 aliphatic carbocycles. The van der Waals surface area contributed by atoms with Gasteiger partial charge in [0.25, 0.3) is 0 Å². The average molecular weight is 247 g/mol. The van der Waals surface area contributed by atoms with Crippen LogP contribution >= 0.6 is 0 Å². The molecule has 1 aromatic carbocycles. The molecule has 18 heavy (non-hydrogen) atoms. The highest BCUT2D eigenvalue weighted by molar-refractivity contribution is 5.45. The molecule has 5 nitrogen and oxygen atoms in total. The Kier molecular flexibility index (Phi) is 4.03. The van der Waals surface area contributed by atoms with E-state index in [1.165, 1.54) is 12.4 Å². The van der Waals surface area contributed by atoms with E-state index in [1.807, 2.05) is 6.07 Å². The number of hydrogen-bond donors (Lipinski definition) is 3. The second-order valence-corrected chi connectivity index (χ2v) is 3.70. The van der Waals surface area contributed by atoms with Crippen LogP contribution in [0.2, 0.25) is 0 Å². The maximum absolute atomic E-state index is 13.4. The van der Waals surface area contributed by atoms with Crippen LogP contribution in [0.15, 0.2) is 36.7 Å². The Morgan fingerprint density at radius 2 is 1.94 bits per heavy atom. The van der Waals surface area contributed by atoms with E-state index in [4.69, 9.17) is 5.84 Å². The standard InChI is InChI=1S/C12H14FN5/c13-10-4-2-1-3-9(10)5-6-15-11-7-12(18-14)17-8-16-11/h1-4,7-8H,5-6,14H2,(H2,15,16,17,18). The van der Waals surface area contributed by atoms with Gasteiger partial charge in [-0.3, -0.25) is 0 Å². The molecule has 4 N–H and O–H groups in total. The Hall–Kier alpha value is -2.21. The topological polar surface area (TPSA) is 75.9 Å². The van der Waals surface area contributed by atoms with E-state index in [0.717, 1.165) is 0 Å². The summed E-state index contributed by atoms with van der Waals surface area (Å²) in [5.74, 6) is 6.23. The monoisotopic (exact) mass is 247 g/mol. The molecule has 0 aliphatic heterocycles. The molecule has 0 saturated carbocycles. The van der Waals surface area contributed by atoms with Gasteiger partial charge in [0.15, 0.2) is 0 Å². The minimum Gasteiger partial charge on any atom is -0.370 e. The van der Waals surface area contributed by atoms with E-state index in [0.29, 0.717) is 30.2 Å². The summed E-state index contributed by atoms with van der Waals surface area (Å²) in [6, 6.07) is 8.40. The van der Waals surface area contributed by atoms with Gasteiger partial charge in [0.2, 0.25) is 0 Å². The van der Waals surface area contributed by atoms with E-state index in [1.54, 1.807) is 18.2 Å². The molecule has 2 rings (SSSR count). The zero-order chi connectivity index (χ0) is 12.8. The minimum absolute atomic E-state index is 0.189. The fourth-order valence-corrected chi connectivity index (χ4v) is 1.56. The van der Waals surface area contributed by atoms with Crippen molar-refractivity contribution in [3.05, 3.63) is 48.0 Å². The number of hydrazine groups is 1. The Labute approximate surface area is 104 Å². The van der Waals surface area contributed by atoms with Crippen LogP contribution in [-0.4, -0.2) is 16.5 Å². The summed E-state index contributed by atoms with van der Waals surface area (Å²) in [4.78, 5) is 7.92. The zero-order valence-electron chi connectivity index (χ0n) is 9.73. The van der Waals surface area contributed by atoms with Gasteiger partial charge in [-0.1, -0.05) is 18.2 Å². The van der Waals surface area contributed by atoms with E-state index < -0.39 is 0 Å². The number of nitrogens with one attached hydrogen (secondary N) is 2. The summed E-state index contributed by atoms with van der Waals surface area (Å²) in [7, 11) is 0. The van der Waals surface area contributed by atoms with Crippen LogP contribution in [-0.2, 0) is 6.42 Å². The van der Waals surface area contributed by atoms with Gasteiger partial charge >= 0.3 is 0 Å². The van der Waals surface area contributed by atoms with Crippen molar-refractivity contribution in [3.63, 3.8) is 0 Å². The Morgan fingerprint density at radius 3 is 2.72 bits per heavy atom. The highest BCUT2D eigenvalue weighted by Crippen LogP contribution is 2.09. The number of nitrogens with zero attached hydrogens (tertiary/aromatic N) is 2. The molecule has 0 saturated heterocycles. The number of nitrogen functional groups attached to an aromatic ring is 1. The number of nitrogens with two attached hydrogens (primary N) is 1. The first-order valence-electron chi connectivity index (χ1n) is 5.55. The first-order chi connectivity index (χ1) is 8.79. The second-order valence-electron chi connectivity index (χ2n) is 3.70. The molecular formula is C12H14FN5. The molecule has 0 radical (unpaired) electrons. The maximum Gasteiger partial charge on any atom is 0.145 e. The smallest absolute Gasteiger partial charge is 0.145 e. The van der Waals surface area contributed by atoms with E-state index in [-0.39, 0.29) is 5.82 Å². The van der Waals surface area contributed by atoms with Gasteiger partial charge in [0.1, 0.15) is 23.8 Å². The van der Waals surface area contributed by atoms with Crippen molar-refractivity contribution in [1.82, 2.24) is 9.97 Å². The van der Waals surface area contributed by atoms with Gasteiger partial charge in [-0.25, -0.2) is 20.2 Å². The van der Waals surface area contributed by atoms with Crippen molar-refractivity contribution in [2.24, 2.45) is 5.84 Å². The molecule has 0 fully saturated rings. The Balaban J connectivity index is 1.90. The third-order valence-corrected chi connectivity index (χ3v) is 2.47. The summed E-state index contributed by atoms with van der Waals surface area (Å²) in [6.45, 7) is 0.585. The molecule has 6 heteroatoms. The molecule has 2 aromatic rings. The number of hydrogen-bond acceptors (Lipinski definition) is 5.